The van der Waals surface area contributed by atoms with E-state index in [0.717, 1.165) is 5.56 Å². The Morgan fingerprint density at radius 3 is 2.78 bits per heavy atom. The molecule has 0 aliphatic heterocycles. The molecule has 0 fully saturated rings. The van der Waals surface area contributed by atoms with E-state index in [2.05, 4.69) is 0 Å². The van der Waals surface area contributed by atoms with Gasteiger partial charge in [0.05, 0.1) is 0 Å². The minimum absolute atomic E-state index is 0.152. The smallest absolute Gasteiger partial charge is 0.228 e. The van der Waals surface area contributed by atoms with Crippen molar-refractivity contribution in [2.24, 2.45) is 0 Å². The van der Waals surface area contributed by atoms with E-state index in [1.54, 1.807) is 37.4 Å². The van der Waals surface area contributed by atoms with E-state index < -0.39 is 0 Å². The molecule has 0 atom stereocenters. The van der Waals surface area contributed by atoms with Crippen LogP contribution >= 0.6 is 0 Å². The summed E-state index contributed by atoms with van der Waals surface area (Å²) in [6.45, 7) is 2.22. The SMILES string of the molecule is COCc1ccc(C(=O)c2ccc(N)c(C)c2)o1. The zero-order valence-electron chi connectivity index (χ0n) is 10.4. The number of ether oxygens (including phenoxy) is 1. The van der Waals surface area contributed by atoms with Crippen molar-refractivity contribution in [2.45, 2.75) is 13.5 Å². The number of nitrogens with two attached hydrogens (primary N) is 1. The molecule has 0 spiro atoms. The van der Waals surface area contributed by atoms with Crippen molar-refractivity contribution in [3.63, 3.8) is 0 Å². The van der Waals surface area contributed by atoms with Gasteiger partial charge in [0.2, 0.25) is 5.78 Å². The first-order chi connectivity index (χ1) is 8.61. The van der Waals surface area contributed by atoms with Gasteiger partial charge in [0, 0.05) is 18.4 Å². The van der Waals surface area contributed by atoms with E-state index in [1.165, 1.54) is 0 Å². The minimum Gasteiger partial charge on any atom is -0.455 e. The van der Waals surface area contributed by atoms with Crippen molar-refractivity contribution < 1.29 is 13.9 Å². The average molecular weight is 245 g/mol. The standard InChI is InChI=1S/C14H15NO3/c1-9-7-10(3-5-12(9)15)14(16)13-6-4-11(18-13)8-17-2/h3-7H,8,15H2,1-2H3. The number of benzene rings is 1. The van der Waals surface area contributed by atoms with Crippen LogP contribution in [0.3, 0.4) is 0 Å². The van der Waals surface area contributed by atoms with Crippen LogP contribution in [0, 0.1) is 6.92 Å². The Bertz CT molecular complexity index is 572. The van der Waals surface area contributed by atoms with Crippen LogP contribution in [0.15, 0.2) is 34.7 Å². The number of carbonyl (C=O) groups excluding carboxylic acids is 1. The molecular formula is C14H15NO3. The Morgan fingerprint density at radius 2 is 2.11 bits per heavy atom. The molecule has 0 radical (unpaired) electrons. The molecule has 1 aromatic carbocycles. The van der Waals surface area contributed by atoms with Crippen LogP contribution in [0.25, 0.3) is 0 Å². The third-order valence-electron chi connectivity index (χ3n) is 2.70. The Morgan fingerprint density at radius 1 is 1.33 bits per heavy atom. The molecule has 4 heteroatoms. The Hall–Kier alpha value is -2.07. The van der Waals surface area contributed by atoms with E-state index in [0.29, 0.717) is 29.4 Å². The summed E-state index contributed by atoms with van der Waals surface area (Å²) in [4.78, 5) is 12.2. The maximum Gasteiger partial charge on any atom is 0.228 e. The molecule has 0 saturated carbocycles. The van der Waals surface area contributed by atoms with Crippen LogP contribution in [-0.4, -0.2) is 12.9 Å². The van der Waals surface area contributed by atoms with E-state index in [-0.39, 0.29) is 5.78 Å². The number of nitrogen functional groups attached to an aromatic ring is 1. The summed E-state index contributed by atoms with van der Waals surface area (Å²) in [5.41, 5.74) is 7.84. The van der Waals surface area contributed by atoms with Gasteiger partial charge in [-0.05, 0) is 42.8 Å². The minimum atomic E-state index is -0.152. The molecule has 0 unspecified atom stereocenters. The first-order valence-corrected chi connectivity index (χ1v) is 5.60. The topological polar surface area (TPSA) is 65.5 Å². The predicted octanol–water partition coefficient (Wildman–Crippen LogP) is 2.55. The summed E-state index contributed by atoms with van der Waals surface area (Å²) in [5, 5.41) is 0. The monoisotopic (exact) mass is 245 g/mol. The first-order valence-electron chi connectivity index (χ1n) is 5.60. The lowest BCUT2D eigenvalue weighted by molar-refractivity contribution is 0.1000. The molecule has 4 nitrogen and oxygen atoms in total. The highest BCUT2D eigenvalue weighted by molar-refractivity contribution is 6.07. The van der Waals surface area contributed by atoms with E-state index in [4.69, 9.17) is 14.9 Å². The van der Waals surface area contributed by atoms with Crippen LogP contribution in [-0.2, 0) is 11.3 Å². The summed E-state index contributed by atoms with van der Waals surface area (Å²) in [5.74, 6) is 0.791. The lowest BCUT2D eigenvalue weighted by Crippen LogP contribution is -2.01. The van der Waals surface area contributed by atoms with E-state index in [9.17, 15) is 4.79 Å². The Balaban J connectivity index is 2.26. The molecule has 0 aliphatic carbocycles. The fraction of sp³-hybridized carbons (Fsp3) is 0.214. The van der Waals surface area contributed by atoms with Crippen LogP contribution in [0.5, 0.6) is 0 Å². The van der Waals surface area contributed by atoms with Gasteiger partial charge in [-0.15, -0.1) is 0 Å². The quantitative estimate of drug-likeness (QED) is 0.664. The van der Waals surface area contributed by atoms with Gasteiger partial charge in [0.1, 0.15) is 12.4 Å². The fourth-order valence-corrected chi connectivity index (χ4v) is 1.68. The van der Waals surface area contributed by atoms with Crippen LogP contribution in [0.1, 0.15) is 27.4 Å². The summed E-state index contributed by atoms with van der Waals surface area (Å²) >= 11 is 0. The van der Waals surface area contributed by atoms with Crippen molar-refractivity contribution in [3.05, 3.63) is 53.0 Å². The zero-order valence-corrected chi connectivity index (χ0v) is 10.4. The molecule has 18 heavy (non-hydrogen) atoms. The number of furan rings is 1. The predicted molar refractivity (Wildman–Crippen MR) is 68.4 cm³/mol. The maximum absolute atomic E-state index is 12.2. The number of carbonyl (C=O) groups is 1. The zero-order chi connectivity index (χ0) is 13.1. The fourth-order valence-electron chi connectivity index (χ4n) is 1.68. The molecule has 0 aliphatic rings. The van der Waals surface area contributed by atoms with Gasteiger partial charge in [-0.25, -0.2) is 0 Å². The number of aryl methyl sites for hydroxylation is 1. The highest BCUT2D eigenvalue weighted by Crippen LogP contribution is 2.18. The number of hydrogen-bond acceptors (Lipinski definition) is 4. The molecule has 1 heterocycles. The molecule has 2 rings (SSSR count). The lowest BCUT2D eigenvalue weighted by atomic mass is 10.1. The molecule has 94 valence electrons. The lowest BCUT2D eigenvalue weighted by Gasteiger charge is -2.02. The molecule has 2 aromatic rings. The second kappa shape index (κ2) is 5.06. The molecule has 0 bridgehead atoms. The van der Waals surface area contributed by atoms with Gasteiger partial charge in [0.25, 0.3) is 0 Å². The summed E-state index contributed by atoms with van der Waals surface area (Å²) in [6, 6.07) is 8.57. The van der Waals surface area contributed by atoms with Gasteiger partial charge in [0.15, 0.2) is 5.76 Å². The van der Waals surface area contributed by atoms with Gasteiger partial charge in [-0.3, -0.25) is 4.79 Å². The van der Waals surface area contributed by atoms with E-state index >= 15 is 0 Å². The maximum atomic E-state index is 12.2. The van der Waals surface area contributed by atoms with Gasteiger partial charge >= 0.3 is 0 Å². The van der Waals surface area contributed by atoms with Crippen LogP contribution in [0.2, 0.25) is 0 Å². The highest BCUT2D eigenvalue weighted by atomic mass is 16.5. The van der Waals surface area contributed by atoms with E-state index in [1.807, 2.05) is 6.92 Å². The second-order valence-corrected chi connectivity index (χ2v) is 4.10. The van der Waals surface area contributed by atoms with Gasteiger partial charge in [-0.2, -0.15) is 0 Å². The second-order valence-electron chi connectivity index (χ2n) is 4.10. The summed E-state index contributed by atoms with van der Waals surface area (Å²) < 4.78 is 10.3. The van der Waals surface area contributed by atoms with Crippen LogP contribution in [0.4, 0.5) is 5.69 Å². The summed E-state index contributed by atoms with van der Waals surface area (Å²) in [7, 11) is 1.58. The van der Waals surface area contributed by atoms with Crippen molar-refractivity contribution in [1.82, 2.24) is 0 Å². The van der Waals surface area contributed by atoms with Crippen molar-refractivity contribution in [3.8, 4) is 0 Å². The van der Waals surface area contributed by atoms with Crippen LogP contribution < -0.4 is 5.73 Å². The number of rotatable bonds is 4. The molecule has 1 aromatic heterocycles. The van der Waals surface area contributed by atoms with Crippen molar-refractivity contribution in [2.75, 3.05) is 12.8 Å². The molecule has 0 saturated heterocycles. The highest BCUT2D eigenvalue weighted by Gasteiger charge is 2.14. The van der Waals surface area contributed by atoms with Gasteiger partial charge < -0.3 is 14.9 Å². The molecular weight excluding hydrogens is 230 g/mol. The normalized spacial score (nSPS) is 10.6. The number of hydrogen-bond donors (Lipinski definition) is 1. The van der Waals surface area contributed by atoms with Gasteiger partial charge in [-0.1, -0.05) is 0 Å². The average Bonchev–Trinajstić information content (AvgIpc) is 2.81. The Labute approximate surface area is 105 Å². The number of anilines is 1. The van der Waals surface area contributed by atoms with Crippen molar-refractivity contribution in [1.29, 1.82) is 0 Å². The number of methoxy groups -OCH3 is 1. The molecule has 2 N–H and O–H groups in total. The molecule has 0 amide bonds. The Kier molecular flexibility index (Phi) is 3.48. The largest absolute Gasteiger partial charge is 0.455 e. The van der Waals surface area contributed by atoms with Crippen molar-refractivity contribution >= 4 is 11.5 Å². The first kappa shape index (κ1) is 12.4. The third kappa shape index (κ3) is 2.43. The number of ketones is 1. The third-order valence-corrected chi connectivity index (χ3v) is 2.70. The summed E-state index contributed by atoms with van der Waals surface area (Å²) in [6.07, 6.45) is 0.